The first-order chi connectivity index (χ1) is 11.6. The van der Waals surface area contributed by atoms with E-state index in [4.69, 9.17) is 4.74 Å². The molecule has 0 atom stereocenters. The monoisotopic (exact) mass is 327 g/mol. The zero-order valence-electron chi connectivity index (χ0n) is 12.7. The number of amides is 2. The van der Waals surface area contributed by atoms with Crippen LogP contribution in [0.25, 0.3) is 0 Å². The molecule has 0 saturated heterocycles. The fraction of sp³-hybridized carbons (Fsp3) is 0.125. The van der Waals surface area contributed by atoms with Crippen molar-refractivity contribution in [2.45, 2.75) is 6.92 Å². The van der Waals surface area contributed by atoms with Crippen molar-refractivity contribution in [2.24, 2.45) is 0 Å². The number of pyridine rings is 1. The highest BCUT2D eigenvalue weighted by Gasteiger charge is 2.23. The van der Waals surface area contributed by atoms with Crippen LogP contribution in [0.1, 0.15) is 17.3 Å². The molecule has 0 bridgehead atoms. The molecule has 0 saturated carbocycles. The molecule has 1 aromatic carbocycles. The lowest BCUT2D eigenvalue weighted by Crippen LogP contribution is -2.25. The molecular formula is C16H13N3O5. The Hall–Kier alpha value is -3.42. The van der Waals surface area contributed by atoms with Gasteiger partial charge in [-0.1, -0.05) is 0 Å². The second-order valence-electron chi connectivity index (χ2n) is 4.80. The van der Waals surface area contributed by atoms with Gasteiger partial charge in [0.1, 0.15) is 11.4 Å². The Bertz CT molecular complexity index is 834. The van der Waals surface area contributed by atoms with Crippen molar-refractivity contribution in [3.05, 3.63) is 42.1 Å². The van der Waals surface area contributed by atoms with Gasteiger partial charge in [-0.2, -0.15) is 0 Å². The molecule has 24 heavy (non-hydrogen) atoms. The largest absolute Gasteiger partial charge is 0.459 e. The maximum atomic E-state index is 12.3. The standard InChI is InChI=1S/C16H13N3O5/c1-2-23-16(22)14(21)18-9-5-6-12-10(8-9)13(20)19-11-4-3-7-17-15(11)24-12/h3-8H,2H2,1H3,(H,18,21)(H,19,20). The highest BCUT2D eigenvalue weighted by Crippen LogP contribution is 2.34. The summed E-state index contributed by atoms with van der Waals surface area (Å²) in [5.74, 6) is -1.77. The second kappa shape index (κ2) is 6.37. The topological polar surface area (TPSA) is 107 Å². The fourth-order valence-electron chi connectivity index (χ4n) is 2.11. The second-order valence-corrected chi connectivity index (χ2v) is 4.80. The molecule has 3 rings (SSSR count). The van der Waals surface area contributed by atoms with Crippen molar-refractivity contribution in [3.8, 4) is 11.6 Å². The summed E-state index contributed by atoms with van der Waals surface area (Å²) < 4.78 is 10.2. The molecule has 2 aromatic rings. The van der Waals surface area contributed by atoms with Crippen LogP contribution in [0.4, 0.5) is 11.4 Å². The normalized spacial score (nSPS) is 12.0. The van der Waals surface area contributed by atoms with Crippen LogP contribution < -0.4 is 15.4 Å². The molecule has 1 aliphatic heterocycles. The van der Waals surface area contributed by atoms with E-state index in [9.17, 15) is 14.4 Å². The molecule has 2 N–H and O–H groups in total. The molecule has 0 radical (unpaired) electrons. The number of fused-ring (bicyclic) bond motifs is 2. The lowest BCUT2D eigenvalue weighted by Gasteiger charge is -2.09. The molecule has 0 fully saturated rings. The van der Waals surface area contributed by atoms with Crippen molar-refractivity contribution in [1.82, 2.24) is 4.98 Å². The quantitative estimate of drug-likeness (QED) is 0.645. The lowest BCUT2D eigenvalue weighted by atomic mass is 10.1. The van der Waals surface area contributed by atoms with Crippen LogP contribution in [0.15, 0.2) is 36.5 Å². The number of carbonyl (C=O) groups excluding carboxylic acids is 3. The van der Waals surface area contributed by atoms with Gasteiger partial charge in [0.15, 0.2) is 0 Å². The van der Waals surface area contributed by atoms with Gasteiger partial charge in [0, 0.05) is 11.9 Å². The van der Waals surface area contributed by atoms with Gasteiger partial charge >= 0.3 is 11.9 Å². The van der Waals surface area contributed by atoms with Crippen LogP contribution in [0.3, 0.4) is 0 Å². The smallest absolute Gasteiger partial charge is 0.397 e. The number of nitrogens with one attached hydrogen (secondary N) is 2. The summed E-state index contributed by atoms with van der Waals surface area (Å²) in [7, 11) is 0. The van der Waals surface area contributed by atoms with E-state index in [-0.39, 0.29) is 23.7 Å². The highest BCUT2D eigenvalue weighted by molar-refractivity contribution is 6.37. The molecule has 1 aromatic heterocycles. The number of carbonyl (C=O) groups is 3. The van der Waals surface area contributed by atoms with E-state index < -0.39 is 17.8 Å². The summed E-state index contributed by atoms with van der Waals surface area (Å²) in [6, 6.07) is 7.77. The van der Waals surface area contributed by atoms with Gasteiger partial charge in [0.05, 0.1) is 12.2 Å². The average Bonchev–Trinajstić information content (AvgIpc) is 2.71. The maximum Gasteiger partial charge on any atom is 0.397 e. The van der Waals surface area contributed by atoms with E-state index in [1.807, 2.05) is 0 Å². The summed E-state index contributed by atoms with van der Waals surface area (Å²) >= 11 is 0. The van der Waals surface area contributed by atoms with Gasteiger partial charge in [-0.25, -0.2) is 9.78 Å². The molecule has 2 amide bonds. The Kier molecular flexibility index (Phi) is 4.11. The number of rotatable bonds is 2. The van der Waals surface area contributed by atoms with Gasteiger partial charge in [-0.05, 0) is 37.3 Å². The molecule has 0 aliphatic carbocycles. The van der Waals surface area contributed by atoms with Gasteiger partial charge in [-0.15, -0.1) is 0 Å². The Morgan fingerprint density at radius 2 is 2.17 bits per heavy atom. The van der Waals surface area contributed by atoms with Crippen molar-refractivity contribution in [1.29, 1.82) is 0 Å². The predicted molar refractivity (Wildman–Crippen MR) is 84.0 cm³/mol. The van der Waals surface area contributed by atoms with Gasteiger partial charge in [0.2, 0.25) is 5.88 Å². The molecule has 2 heterocycles. The maximum absolute atomic E-state index is 12.3. The molecule has 8 nitrogen and oxygen atoms in total. The van der Waals surface area contributed by atoms with Crippen LogP contribution in [-0.4, -0.2) is 29.4 Å². The molecule has 0 unspecified atom stereocenters. The first-order valence-corrected chi connectivity index (χ1v) is 7.15. The van der Waals surface area contributed by atoms with E-state index in [0.29, 0.717) is 11.4 Å². The molecule has 1 aliphatic rings. The summed E-state index contributed by atoms with van der Waals surface area (Å²) in [5.41, 5.74) is 0.912. The third-order valence-electron chi connectivity index (χ3n) is 3.17. The Labute approximate surface area is 136 Å². The number of nitrogens with zero attached hydrogens (tertiary/aromatic N) is 1. The van der Waals surface area contributed by atoms with Crippen molar-refractivity contribution >= 4 is 29.2 Å². The number of ether oxygens (including phenoxy) is 2. The van der Waals surface area contributed by atoms with E-state index in [2.05, 4.69) is 20.4 Å². The number of hydrogen-bond acceptors (Lipinski definition) is 6. The third kappa shape index (κ3) is 3.02. The van der Waals surface area contributed by atoms with Crippen LogP contribution >= 0.6 is 0 Å². The minimum Gasteiger partial charge on any atom is -0.459 e. The number of aromatic nitrogens is 1. The van der Waals surface area contributed by atoms with E-state index >= 15 is 0 Å². The Morgan fingerprint density at radius 3 is 2.96 bits per heavy atom. The summed E-state index contributed by atoms with van der Waals surface area (Å²) in [6.45, 7) is 1.69. The van der Waals surface area contributed by atoms with Gasteiger partial charge < -0.3 is 20.1 Å². The first kappa shape index (κ1) is 15.5. The van der Waals surface area contributed by atoms with Crippen LogP contribution in [0.2, 0.25) is 0 Å². The Morgan fingerprint density at radius 1 is 1.33 bits per heavy atom. The molecule has 8 heteroatoms. The molecular weight excluding hydrogens is 314 g/mol. The number of benzene rings is 1. The number of hydrogen-bond donors (Lipinski definition) is 2. The highest BCUT2D eigenvalue weighted by atomic mass is 16.5. The van der Waals surface area contributed by atoms with Crippen molar-refractivity contribution in [2.75, 3.05) is 17.2 Å². The van der Waals surface area contributed by atoms with Gasteiger partial charge in [-0.3, -0.25) is 9.59 Å². The van der Waals surface area contributed by atoms with Crippen LogP contribution in [0, 0.1) is 0 Å². The number of esters is 1. The first-order valence-electron chi connectivity index (χ1n) is 7.15. The third-order valence-corrected chi connectivity index (χ3v) is 3.17. The summed E-state index contributed by atoms with van der Waals surface area (Å²) in [6.07, 6.45) is 1.55. The van der Waals surface area contributed by atoms with E-state index in [0.717, 1.165) is 0 Å². The fourth-order valence-corrected chi connectivity index (χ4v) is 2.11. The van der Waals surface area contributed by atoms with E-state index in [1.165, 1.54) is 18.2 Å². The zero-order valence-corrected chi connectivity index (χ0v) is 12.7. The summed E-state index contributed by atoms with van der Waals surface area (Å²) in [4.78, 5) is 39.4. The van der Waals surface area contributed by atoms with Crippen LogP contribution in [-0.2, 0) is 14.3 Å². The predicted octanol–water partition coefficient (Wildman–Crippen LogP) is 1.94. The van der Waals surface area contributed by atoms with Gasteiger partial charge in [0.25, 0.3) is 5.91 Å². The minimum absolute atomic E-state index is 0.0952. The average molecular weight is 327 g/mol. The summed E-state index contributed by atoms with van der Waals surface area (Å²) in [5, 5.41) is 5.05. The molecule has 122 valence electrons. The van der Waals surface area contributed by atoms with Crippen molar-refractivity contribution in [3.63, 3.8) is 0 Å². The van der Waals surface area contributed by atoms with E-state index in [1.54, 1.807) is 25.3 Å². The number of anilines is 2. The lowest BCUT2D eigenvalue weighted by molar-refractivity contribution is -0.152. The molecule has 0 spiro atoms. The SMILES string of the molecule is CCOC(=O)C(=O)Nc1ccc2c(c1)C(=O)Nc1cccnc1O2. The van der Waals surface area contributed by atoms with Crippen molar-refractivity contribution < 1.29 is 23.9 Å². The van der Waals surface area contributed by atoms with Crippen LogP contribution in [0.5, 0.6) is 11.6 Å². The minimum atomic E-state index is -0.996. The Balaban J connectivity index is 1.87. The zero-order chi connectivity index (χ0) is 17.1.